The van der Waals surface area contributed by atoms with Gasteiger partial charge in [-0.15, -0.1) is 0 Å². The summed E-state index contributed by atoms with van der Waals surface area (Å²) in [7, 11) is 2.42. The summed E-state index contributed by atoms with van der Waals surface area (Å²) in [6.07, 6.45) is 14.7. The lowest BCUT2D eigenvalue weighted by Gasteiger charge is -2.39. The van der Waals surface area contributed by atoms with Gasteiger partial charge in [0.2, 0.25) is 0 Å². The lowest BCUT2D eigenvalue weighted by atomic mass is 9.86. The highest BCUT2D eigenvalue weighted by Gasteiger charge is 2.40. The predicted octanol–water partition coefficient (Wildman–Crippen LogP) is 4.06. The van der Waals surface area contributed by atoms with E-state index in [1.54, 1.807) is 6.42 Å². The summed E-state index contributed by atoms with van der Waals surface area (Å²) in [6.45, 7) is 4.77. The second kappa shape index (κ2) is 7.46. The summed E-state index contributed by atoms with van der Waals surface area (Å²) in [6, 6.07) is 1.52. The lowest BCUT2D eigenvalue weighted by Crippen LogP contribution is -2.50. The van der Waals surface area contributed by atoms with Crippen LogP contribution in [0.2, 0.25) is 0 Å². The van der Waals surface area contributed by atoms with Crippen molar-refractivity contribution in [2.75, 3.05) is 20.1 Å². The molecular formula is C19H36N2. The first-order valence-corrected chi connectivity index (χ1v) is 9.71. The van der Waals surface area contributed by atoms with Crippen LogP contribution in [0.15, 0.2) is 0 Å². The van der Waals surface area contributed by atoms with Gasteiger partial charge in [0, 0.05) is 18.6 Å². The van der Waals surface area contributed by atoms with Gasteiger partial charge < -0.3 is 10.2 Å². The van der Waals surface area contributed by atoms with E-state index in [0.29, 0.717) is 0 Å². The Labute approximate surface area is 132 Å². The van der Waals surface area contributed by atoms with Gasteiger partial charge in [-0.2, -0.15) is 0 Å². The highest BCUT2D eigenvalue weighted by molar-refractivity contribution is 4.93. The summed E-state index contributed by atoms with van der Waals surface area (Å²) in [5.41, 5.74) is 0. The number of fused-ring (bicyclic) bond motifs is 2. The molecule has 0 saturated heterocycles. The zero-order valence-corrected chi connectivity index (χ0v) is 14.3. The number of rotatable bonds is 5. The Morgan fingerprint density at radius 2 is 1.76 bits per heavy atom. The van der Waals surface area contributed by atoms with Crippen LogP contribution < -0.4 is 5.32 Å². The molecule has 3 aliphatic rings. The van der Waals surface area contributed by atoms with Crippen molar-refractivity contribution < 1.29 is 0 Å². The monoisotopic (exact) mass is 292 g/mol. The first-order chi connectivity index (χ1) is 10.3. The molecule has 0 spiro atoms. The van der Waals surface area contributed by atoms with E-state index in [0.717, 1.165) is 36.4 Å². The molecule has 0 radical (unpaired) electrons. The fraction of sp³-hybridized carbons (Fsp3) is 1.00. The molecule has 0 aromatic heterocycles. The Balaban J connectivity index is 1.57. The van der Waals surface area contributed by atoms with Crippen LogP contribution in [0.3, 0.4) is 0 Å². The molecule has 3 rings (SSSR count). The van der Waals surface area contributed by atoms with Crippen molar-refractivity contribution in [2.24, 2.45) is 17.8 Å². The second-order valence-electron chi connectivity index (χ2n) is 8.10. The van der Waals surface area contributed by atoms with E-state index in [1.165, 1.54) is 64.3 Å². The lowest BCUT2D eigenvalue weighted by molar-refractivity contribution is 0.126. The van der Waals surface area contributed by atoms with E-state index in [1.807, 2.05) is 0 Å². The van der Waals surface area contributed by atoms with Crippen LogP contribution in [0, 0.1) is 17.8 Å². The normalized spacial score (nSPS) is 40.4. The minimum atomic E-state index is 0.735. The van der Waals surface area contributed by atoms with E-state index < -0.39 is 0 Å². The third kappa shape index (κ3) is 3.82. The molecule has 0 amide bonds. The van der Waals surface area contributed by atoms with Crippen molar-refractivity contribution in [1.82, 2.24) is 10.2 Å². The van der Waals surface area contributed by atoms with E-state index in [-0.39, 0.29) is 0 Å². The average molecular weight is 293 g/mol. The van der Waals surface area contributed by atoms with Crippen LogP contribution >= 0.6 is 0 Å². The molecule has 122 valence electrons. The van der Waals surface area contributed by atoms with Gasteiger partial charge >= 0.3 is 0 Å². The zero-order chi connectivity index (χ0) is 14.7. The third-order valence-electron chi connectivity index (χ3n) is 6.67. The van der Waals surface area contributed by atoms with Crippen molar-refractivity contribution in [3.05, 3.63) is 0 Å². The van der Waals surface area contributed by atoms with Crippen molar-refractivity contribution in [1.29, 1.82) is 0 Å². The molecular weight excluding hydrogens is 256 g/mol. The molecule has 2 nitrogen and oxygen atoms in total. The van der Waals surface area contributed by atoms with E-state index in [4.69, 9.17) is 0 Å². The van der Waals surface area contributed by atoms with Crippen LogP contribution in [-0.4, -0.2) is 37.1 Å². The van der Waals surface area contributed by atoms with Crippen LogP contribution in [0.5, 0.6) is 0 Å². The Morgan fingerprint density at radius 1 is 0.952 bits per heavy atom. The fourth-order valence-electron chi connectivity index (χ4n) is 5.60. The Bertz CT molecular complexity index is 317. The molecule has 21 heavy (non-hydrogen) atoms. The molecule has 3 aliphatic carbocycles. The molecule has 0 aromatic rings. The van der Waals surface area contributed by atoms with Gasteiger partial charge in [-0.1, -0.05) is 39.0 Å². The Hall–Kier alpha value is -0.0800. The number of nitrogens with zero attached hydrogens (tertiary/aromatic N) is 1. The highest BCUT2D eigenvalue weighted by atomic mass is 15.2. The molecule has 0 aliphatic heterocycles. The minimum absolute atomic E-state index is 0.735. The van der Waals surface area contributed by atoms with Gasteiger partial charge in [-0.25, -0.2) is 0 Å². The molecule has 0 heterocycles. The van der Waals surface area contributed by atoms with Crippen molar-refractivity contribution in [3.8, 4) is 0 Å². The van der Waals surface area contributed by atoms with Gasteiger partial charge in [0.15, 0.2) is 0 Å². The predicted molar refractivity (Wildman–Crippen MR) is 90.5 cm³/mol. The quantitative estimate of drug-likeness (QED) is 0.822. The second-order valence-corrected chi connectivity index (χ2v) is 8.10. The van der Waals surface area contributed by atoms with Crippen LogP contribution in [0.25, 0.3) is 0 Å². The van der Waals surface area contributed by atoms with Gasteiger partial charge in [-0.3, -0.25) is 0 Å². The number of likely N-dealkylation sites (N-methyl/N-ethyl adjacent to an activating group) is 2. The summed E-state index contributed by atoms with van der Waals surface area (Å²) in [5, 5.41) is 3.80. The molecule has 1 N–H and O–H groups in total. The summed E-state index contributed by atoms with van der Waals surface area (Å²) in [4.78, 5) is 2.75. The van der Waals surface area contributed by atoms with Gasteiger partial charge in [0.05, 0.1) is 0 Å². The maximum atomic E-state index is 3.80. The molecule has 5 atom stereocenters. The van der Waals surface area contributed by atoms with Crippen LogP contribution in [0.4, 0.5) is 0 Å². The maximum Gasteiger partial charge on any atom is 0.0246 e. The fourth-order valence-corrected chi connectivity index (χ4v) is 5.60. The van der Waals surface area contributed by atoms with E-state index in [2.05, 4.69) is 24.2 Å². The summed E-state index contributed by atoms with van der Waals surface area (Å²) < 4.78 is 0. The molecule has 5 unspecified atom stereocenters. The van der Waals surface area contributed by atoms with Crippen LogP contribution in [0.1, 0.15) is 71.1 Å². The van der Waals surface area contributed by atoms with Gasteiger partial charge in [0.25, 0.3) is 0 Å². The highest BCUT2D eigenvalue weighted by Crippen LogP contribution is 2.48. The topological polar surface area (TPSA) is 15.3 Å². The van der Waals surface area contributed by atoms with Crippen LogP contribution in [-0.2, 0) is 0 Å². The number of hydrogen-bond donors (Lipinski definition) is 1. The van der Waals surface area contributed by atoms with Gasteiger partial charge in [0.1, 0.15) is 0 Å². The molecule has 2 bridgehead atoms. The minimum Gasteiger partial charge on any atom is -0.313 e. The third-order valence-corrected chi connectivity index (χ3v) is 6.67. The zero-order valence-electron chi connectivity index (χ0n) is 14.3. The maximum absolute atomic E-state index is 3.80. The average Bonchev–Trinajstić information content (AvgIpc) is 3.04. The van der Waals surface area contributed by atoms with Crippen molar-refractivity contribution in [3.63, 3.8) is 0 Å². The smallest absolute Gasteiger partial charge is 0.0246 e. The first kappa shape index (κ1) is 15.8. The first-order valence-electron chi connectivity index (χ1n) is 9.71. The van der Waals surface area contributed by atoms with Crippen molar-refractivity contribution in [2.45, 2.75) is 83.2 Å². The van der Waals surface area contributed by atoms with Gasteiger partial charge in [-0.05, 0) is 63.5 Å². The summed E-state index contributed by atoms with van der Waals surface area (Å²) in [5.74, 6) is 3.18. The number of nitrogens with one attached hydrogen (secondary N) is 1. The SMILES string of the molecule is CCNC1CCCCCCC1N(C)CC1CC2CCC1C2. The Kier molecular flexibility index (Phi) is 5.61. The number of hydrogen-bond acceptors (Lipinski definition) is 2. The molecule has 2 heteroatoms. The molecule has 3 fully saturated rings. The summed E-state index contributed by atoms with van der Waals surface area (Å²) >= 11 is 0. The Morgan fingerprint density at radius 3 is 2.43 bits per heavy atom. The molecule has 0 aromatic carbocycles. The van der Waals surface area contributed by atoms with E-state index in [9.17, 15) is 0 Å². The van der Waals surface area contributed by atoms with E-state index >= 15 is 0 Å². The van der Waals surface area contributed by atoms with Crippen molar-refractivity contribution >= 4 is 0 Å². The molecule has 3 saturated carbocycles. The largest absolute Gasteiger partial charge is 0.313 e. The standard InChI is InChI=1S/C19H36N2/c1-3-20-18-8-6-4-5-7-9-19(18)21(2)14-17-13-15-10-11-16(17)12-15/h15-20H,3-14H2,1-2H3.